The molecule has 0 fully saturated rings. The third-order valence-corrected chi connectivity index (χ3v) is 1.74. The first-order valence-corrected chi connectivity index (χ1v) is 4.11. The largest absolute Gasteiger partial charge is 0.481 e. The summed E-state index contributed by atoms with van der Waals surface area (Å²) in [4.78, 5) is 12.0. The summed E-state index contributed by atoms with van der Waals surface area (Å²) >= 11 is 0. The molecule has 0 saturated heterocycles. The molecule has 0 aliphatic heterocycles. The molecule has 0 aromatic rings. The van der Waals surface area contributed by atoms with Crippen LogP contribution in [-0.4, -0.2) is 23.7 Å². The molecule has 2 atom stereocenters. The second-order valence-electron chi connectivity index (χ2n) is 3.99. The van der Waals surface area contributed by atoms with Crippen LogP contribution in [0.25, 0.3) is 1.43 Å². The summed E-state index contributed by atoms with van der Waals surface area (Å²) in [5.74, 6) is -4.80. The standard InChI is InChI=1S/C11H18O3/c1-11(2,3)9-6-7(12)4-5-8(9)10(13)14/h6-8,12H,4-5H2,1-3H3,(H,13,14)/i4D2,5D2,6D,7D,8D,12D/hD. The van der Waals surface area contributed by atoms with Crippen LogP contribution in [0.1, 0.15) is 43.1 Å². The van der Waals surface area contributed by atoms with Crippen LogP contribution in [0.4, 0.5) is 0 Å². The molecule has 0 saturated carbocycles. The van der Waals surface area contributed by atoms with Gasteiger partial charge in [0, 0.05) is 6.85 Å². The highest BCUT2D eigenvalue weighted by atomic mass is 16.4. The van der Waals surface area contributed by atoms with Gasteiger partial charge < -0.3 is 10.2 Å². The van der Waals surface area contributed by atoms with Gasteiger partial charge in [-0.1, -0.05) is 32.4 Å². The lowest BCUT2D eigenvalue weighted by Crippen LogP contribution is -2.30. The quantitative estimate of drug-likeness (QED) is 0.679. The average molecular weight is 207 g/mol. The number of aliphatic carboxylic acids is 1. The van der Waals surface area contributed by atoms with Gasteiger partial charge in [-0.15, -0.1) is 0 Å². The molecule has 2 N–H and O–H groups in total. The fraction of sp³-hybridized carbons (Fsp3) is 0.727. The first kappa shape index (κ1) is 3.97. The number of rotatable bonds is 2. The molecule has 0 heterocycles. The number of carboxylic acids is 1. The van der Waals surface area contributed by atoms with Gasteiger partial charge in [-0.2, -0.15) is 0 Å². The highest BCUT2D eigenvalue weighted by Crippen LogP contribution is 2.37. The van der Waals surface area contributed by atoms with E-state index in [0.29, 0.717) is 0 Å². The van der Waals surface area contributed by atoms with Crippen LogP contribution in [0.15, 0.2) is 11.6 Å². The van der Waals surface area contributed by atoms with Crippen LogP contribution in [0.3, 0.4) is 0 Å². The van der Waals surface area contributed by atoms with Crippen molar-refractivity contribution in [2.45, 2.75) is 39.6 Å². The Morgan fingerprint density at radius 1 is 1.79 bits per heavy atom. The Balaban J connectivity index is 4.06. The minimum atomic E-state index is -3.41. The maximum Gasteiger partial charge on any atom is 0.310 e. The molecule has 0 bridgehead atoms. The van der Waals surface area contributed by atoms with Crippen LogP contribution >= 0.6 is 0 Å². The zero-order valence-corrected chi connectivity index (χ0v) is 8.22. The third-order valence-electron chi connectivity index (χ3n) is 1.74. The summed E-state index contributed by atoms with van der Waals surface area (Å²) in [5.41, 5.74) is -1.81. The van der Waals surface area contributed by atoms with E-state index in [2.05, 4.69) is 10.2 Å². The zero-order chi connectivity index (χ0) is 18.6. The molecule has 0 spiro atoms. The summed E-state index contributed by atoms with van der Waals surface area (Å²) in [7, 11) is 0. The summed E-state index contributed by atoms with van der Waals surface area (Å²) in [6, 6.07) is -1.01. The van der Waals surface area contributed by atoms with Gasteiger partial charge in [0.2, 0.25) is 1.43 Å². The maximum atomic E-state index is 12.0. The highest BCUT2D eigenvalue weighted by Gasteiger charge is 2.33. The van der Waals surface area contributed by atoms with E-state index < -0.39 is 47.7 Å². The number of carboxylic acid groups (broad SMARTS) is 1. The van der Waals surface area contributed by atoms with E-state index in [1.165, 1.54) is 20.8 Å². The van der Waals surface area contributed by atoms with Gasteiger partial charge in [-0.3, -0.25) is 4.79 Å². The van der Waals surface area contributed by atoms with E-state index in [-0.39, 0.29) is 0 Å². The van der Waals surface area contributed by atoms with Crippen molar-refractivity contribution in [2.24, 2.45) is 11.3 Å². The molecule has 14 heavy (non-hydrogen) atoms. The van der Waals surface area contributed by atoms with Crippen molar-refractivity contribution in [2.75, 3.05) is 0 Å². The summed E-state index contributed by atoms with van der Waals surface area (Å²) in [6.45, 7) is 4.29. The van der Waals surface area contributed by atoms with E-state index in [4.69, 9.17) is 12.5 Å². The highest BCUT2D eigenvalue weighted by molar-refractivity contribution is 5.74. The predicted octanol–water partition coefficient (Wildman–Crippen LogP) is 1.81. The van der Waals surface area contributed by atoms with E-state index in [1.54, 1.807) is 0 Å². The van der Waals surface area contributed by atoms with E-state index >= 15 is 0 Å². The minimum Gasteiger partial charge on any atom is -0.481 e. The van der Waals surface area contributed by atoms with Crippen molar-refractivity contribution in [1.29, 1.82) is 2.86 Å². The lowest BCUT2D eigenvalue weighted by Gasteiger charge is -2.32. The summed E-state index contributed by atoms with van der Waals surface area (Å²) < 4.78 is 69.7. The molecule has 0 aromatic carbocycles. The van der Waals surface area contributed by atoms with Crippen molar-refractivity contribution in [3.63, 3.8) is 0 Å². The third kappa shape index (κ3) is 2.35. The summed E-state index contributed by atoms with van der Waals surface area (Å²) in [5, 5.41) is 7.80. The van der Waals surface area contributed by atoms with Gasteiger partial charge in [-0.25, -0.2) is 0 Å². The van der Waals surface area contributed by atoms with Crippen LogP contribution in [0, 0.1) is 11.3 Å². The SMILES string of the molecule is [2H]OC(=O)C1([2H])C(C(C)(C)C)=C([2H])C([2H])(O[2H])C([2H])([2H])C1([2H])[2H]. The molecule has 0 aromatic heterocycles. The fourth-order valence-electron chi connectivity index (χ4n) is 1.10. The summed E-state index contributed by atoms with van der Waals surface area (Å²) in [6.07, 6.45) is -9.91. The first-order chi connectivity index (χ1) is 10.1. The van der Waals surface area contributed by atoms with Crippen LogP contribution < -0.4 is 0 Å². The first-order valence-electron chi connectivity index (χ1n) is 8.43. The van der Waals surface area contributed by atoms with Crippen LogP contribution in [0.5, 0.6) is 0 Å². The second-order valence-corrected chi connectivity index (χ2v) is 3.99. The Bertz CT molecular complexity index is 553. The van der Waals surface area contributed by atoms with Gasteiger partial charge in [0.1, 0.15) is 0 Å². The second kappa shape index (κ2) is 3.73. The average Bonchev–Trinajstić information content (AvgIpc) is 2.41. The van der Waals surface area contributed by atoms with Crippen molar-refractivity contribution in [1.82, 2.24) is 0 Å². The predicted molar refractivity (Wildman–Crippen MR) is 53.9 cm³/mol. The molecule has 1 aliphatic carbocycles. The molecule has 3 heteroatoms. The topological polar surface area (TPSA) is 57.5 Å². The number of hydrogen-bond acceptors (Lipinski definition) is 3. The molecule has 2 unspecified atom stereocenters. The fourth-order valence-corrected chi connectivity index (χ4v) is 1.10. The van der Waals surface area contributed by atoms with Gasteiger partial charge in [-0.05, 0) is 18.2 Å². The Morgan fingerprint density at radius 2 is 2.50 bits per heavy atom. The Morgan fingerprint density at radius 3 is 3.00 bits per heavy atom. The Kier molecular flexibility index (Phi) is 1.06. The van der Waals surface area contributed by atoms with Crippen molar-refractivity contribution >= 4 is 5.97 Å². The number of hydrogen-bond donors (Lipinski definition) is 2. The molecule has 0 radical (unpaired) electrons. The van der Waals surface area contributed by atoms with E-state index in [0.717, 1.165) is 0 Å². The Hall–Kier alpha value is -0.830. The van der Waals surface area contributed by atoms with Gasteiger partial charge in [0.15, 0.2) is 0 Å². The molecule has 1 aliphatic rings. The molecule has 0 amide bonds. The van der Waals surface area contributed by atoms with Crippen molar-refractivity contribution in [3.8, 4) is 0 Å². The Labute approximate surface area is 97.3 Å². The normalized spacial score (nSPS) is 55.8. The smallest absolute Gasteiger partial charge is 0.310 e. The maximum absolute atomic E-state index is 12.0. The van der Waals surface area contributed by atoms with Crippen molar-refractivity contribution in [3.05, 3.63) is 11.6 Å². The molecular weight excluding hydrogens is 180 g/mol. The van der Waals surface area contributed by atoms with Gasteiger partial charge in [0.05, 0.1) is 14.7 Å². The lowest BCUT2D eigenvalue weighted by atomic mass is 9.73. The molecular formula is C11H18O3. The van der Waals surface area contributed by atoms with Crippen molar-refractivity contribution < 1.29 is 24.6 Å². The van der Waals surface area contributed by atoms with E-state index in [9.17, 15) is 4.79 Å². The lowest BCUT2D eigenvalue weighted by molar-refractivity contribution is -0.141. The number of aliphatic hydroxyl groups is 1. The van der Waals surface area contributed by atoms with Gasteiger partial charge >= 0.3 is 5.97 Å². The van der Waals surface area contributed by atoms with Gasteiger partial charge in [0.25, 0.3) is 1.43 Å². The monoisotopic (exact) mass is 207 g/mol. The molecule has 3 nitrogen and oxygen atoms in total. The van der Waals surface area contributed by atoms with Crippen LogP contribution in [0.2, 0.25) is 0 Å². The molecule has 80 valence electrons. The van der Waals surface area contributed by atoms with Crippen LogP contribution in [-0.2, 0) is 4.79 Å². The zero-order valence-electron chi connectivity index (χ0n) is 17.2. The number of carbonyl (C=O) groups is 1. The molecule has 1 rings (SSSR count). The van der Waals surface area contributed by atoms with E-state index in [1.807, 2.05) is 0 Å². The minimum absolute atomic E-state index is 0.579.